The first kappa shape index (κ1) is 22.1. The van der Waals surface area contributed by atoms with Crippen LogP contribution in [0.4, 0.5) is 4.79 Å². The summed E-state index contributed by atoms with van der Waals surface area (Å²) in [6.07, 6.45) is 1.28. The standard InChI is InChI=1S/C23H30N4O5/c1-5-32-12-6-10-24-20(28)14(2)27-21(29)23(3)19-16(9-11-26(23)22(27)30)17-13-15(31-4)7-8-18(17)25-19/h7-8,13-14,25H,5-6,9-12H2,1-4H3,(H,24,28)/t14-,23-/m0/s1. The Morgan fingerprint density at radius 2 is 2.12 bits per heavy atom. The lowest BCUT2D eigenvalue weighted by molar-refractivity contribution is -0.139. The second-order valence-corrected chi connectivity index (χ2v) is 8.34. The Morgan fingerprint density at radius 3 is 2.84 bits per heavy atom. The zero-order chi connectivity index (χ0) is 23.0. The number of hydrogen-bond acceptors (Lipinski definition) is 5. The summed E-state index contributed by atoms with van der Waals surface area (Å²) >= 11 is 0. The molecule has 172 valence electrons. The first-order valence-electron chi connectivity index (χ1n) is 11.0. The molecule has 9 heteroatoms. The molecular formula is C23H30N4O5. The van der Waals surface area contributed by atoms with E-state index in [1.54, 1.807) is 25.9 Å². The van der Waals surface area contributed by atoms with Gasteiger partial charge in [0, 0.05) is 37.2 Å². The van der Waals surface area contributed by atoms with E-state index in [0.29, 0.717) is 44.8 Å². The molecule has 0 spiro atoms. The van der Waals surface area contributed by atoms with Gasteiger partial charge in [0.2, 0.25) is 5.91 Å². The normalized spacial score (nSPS) is 21.0. The number of nitrogens with one attached hydrogen (secondary N) is 2. The molecule has 1 aromatic heterocycles. The van der Waals surface area contributed by atoms with Crippen LogP contribution in [-0.4, -0.2) is 72.1 Å². The van der Waals surface area contributed by atoms with Crippen molar-refractivity contribution >= 4 is 28.7 Å². The molecule has 4 amide bonds. The number of ether oxygens (including phenoxy) is 2. The largest absolute Gasteiger partial charge is 0.497 e. The third-order valence-corrected chi connectivity index (χ3v) is 6.53. The molecule has 9 nitrogen and oxygen atoms in total. The van der Waals surface area contributed by atoms with E-state index in [2.05, 4.69) is 10.3 Å². The number of nitrogens with zero attached hydrogens (tertiary/aromatic N) is 2. The van der Waals surface area contributed by atoms with Gasteiger partial charge in [-0.2, -0.15) is 0 Å². The number of H-pyrrole nitrogens is 1. The van der Waals surface area contributed by atoms with Crippen LogP contribution in [0.2, 0.25) is 0 Å². The van der Waals surface area contributed by atoms with Gasteiger partial charge in [-0.1, -0.05) is 0 Å². The minimum Gasteiger partial charge on any atom is -0.497 e. The number of carbonyl (C=O) groups is 3. The lowest BCUT2D eigenvalue weighted by atomic mass is 9.87. The highest BCUT2D eigenvalue weighted by atomic mass is 16.5. The van der Waals surface area contributed by atoms with Gasteiger partial charge in [0.05, 0.1) is 12.8 Å². The van der Waals surface area contributed by atoms with Crippen LogP contribution in [0.15, 0.2) is 18.2 Å². The number of imide groups is 1. The SMILES string of the molecule is CCOCCCNC(=O)[C@H](C)N1C(=O)N2CCc3c([nH]c4ccc(OC)cc34)[C@@]2(C)C1=O. The Morgan fingerprint density at radius 1 is 1.34 bits per heavy atom. The lowest BCUT2D eigenvalue weighted by Gasteiger charge is -2.36. The zero-order valence-corrected chi connectivity index (χ0v) is 19.0. The van der Waals surface area contributed by atoms with Crippen molar-refractivity contribution in [1.82, 2.24) is 20.1 Å². The predicted molar refractivity (Wildman–Crippen MR) is 118 cm³/mol. The molecular weight excluding hydrogens is 412 g/mol. The van der Waals surface area contributed by atoms with Gasteiger partial charge in [0.25, 0.3) is 5.91 Å². The molecule has 0 unspecified atom stereocenters. The summed E-state index contributed by atoms with van der Waals surface area (Å²) in [5.74, 6) is -0.0100. The summed E-state index contributed by atoms with van der Waals surface area (Å²) in [6, 6.07) is 4.38. The Hall–Kier alpha value is -3.07. The van der Waals surface area contributed by atoms with E-state index >= 15 is 0 Å². The maximum atomic E-state index is 13.6. The summed E-state index contributed by atoms with van der Waals surface area (Å²) in [7, 11) is 1.61. The van der Waals surface area contributed by atoms with Crippen molar-refractivity contribution in [3.8, 4) is 5.75 Å². The molecule has 2 atom stereocenters. The highest BCUT2D eigenvalue weighted by molar-refractivity contribution is 6.11. The molecule has 2 aliphatic rings. The van der Waals surface area contributed by atoms with Crippen LogP contribution in [0.1, 0.15) is 38.4 Å². The van der Waals surface area contributed by atoms with Crippen molar-refractivity contribution in [3.05, 3.63) is 29.5 Å². The number of carbonyl (C=O) groups excluding carboxylic acids is 3. The predicted octanol–water partition coefficient (Wildman–Crippen LogP) is 2.14. The van der Waals surface area contributed by atoms with Gasteiger partial charge >= 0.3 is 6.03 Å². The van der Waals surface area contributed by atoms with Gasteiger partial charge < -0.3 is 24.7 Å². The number of urea groups is 1. The topological polar surface area (TPSA) is 104 Å². The Bertz CT molecular complexity index is 1060. The van der Waals surface area contributed by atoms with Crippen LogP contribution in [0.5, 0.6) is 5.75 Å². The molecule has 32 heavy (non-hydrogen) atoms. The van der Waals surface area contributed by atoms with Crippen molar-refractivity contribution in [1.29, 1.82) is 0 Å². The van der Waals surface area contributed by atoms with Crippen LogP contribution in [0, 0.1) is 0 Å². The number of methoxy groups -OCH3 is 1. The summed E-state index contributed by atoms with van der Waals surface area (Å²) < 4.78 is 10.6. The van der Waals surface area contributed by atoms with Gasteiger partial charge in [0.1, 0.15) is 11.8 Å². The quantitative estimate of drug-likeness (QED) is 0.482. The van der Waals surface area contributed by atoms with Crippen molar-refractivity contribution in [2.24, 2.45) is 0 Å². The Balaban J connectivity index is 1.60. The fraction of sp³-hybridized carbons (Fsp3) is 0.522. The zero-order valence-electron chi connectivity index (χ0n) is 19.0. The smallest absolute Gasteiger partial charge is 0.328 e. The fourth-order valence-electron chi connectivity index (χ4n) is 4.71. The molecule has 4 rings (SSSR count). The first-order valence-corrected chi connectivity index (χ1v) is 11.0. The summed E-state index contributed by atoms with van der Waals surface area (Å²) in [5.41, 5.74) is 1.42. The number of aromatic amines is 1. The van der Waals surface area contributed by atoms with Gasteiger partial charge in [-0.3, -0.25) is 9.59 Å². The lowest BCUT2D eigenvalue weighted by Crippen LogP contribution is -2.50. The van der Waals surface area contributed by atoms with E-state index < -0.39 is 17.6 Å². The molecule has 2 N–H and O–H groups in total. The Kier molecular flexibility index (Phi) is 5.85. The van der Waals surface area contributed by atoms with Crippen molar-refractivity contribution in [3.63, 3.8) is 0 Å². The molecule has 2 aliphatic heterocycles. The number of amides is 4. The third-order valence-electron chi connectivity index (χ3n) is 6.53. The van der Waals surface area contributed by atoms with Crippen LogP contribution in [-0.2, 0) is 26.3 Å². The maximum Gasteiger partial charge on any atom is 0.328 e. The average molecular weight is 443 g/mol. The molecule has 1 aromatic carbocycles. The molecule has 1 fully saturated rings. The molecule has 0 aliphatic carbocycles. The average Bonchev–Trinajstić information content (AvgIpc) is 3.26. The first-order chi connectivity index (χ1) is 15.3. The number of hydrogen-bond donors (Lipinski definition) is 2. The molecule has 3 heterocycles. The van der Waals surface area contributed by atoms with E-state index in [1.165, 1.54) is 0 Å². The van der Waals surface area contributed by atoms with Crippen LogP contribution >= 0.6 is 0 Å². The fourth-order valence-corrected chi connectivity index (χ4v) is 4.71. The Labute approximate surface area is 187 Å². The second-order valence-electron chi connectivity index (χ2n) is 8.34. The molecule has 2 aromatic rings. The van der Waals surface area contributed by atoms with E-state index in [0.717, 1.165) is 27.1 Å². The number of fused-ring (bicyclic) bond motifs is 5. The minimum atomic E-state index is -1.18. The molecule has 0 radical (unpaired) electrons. The highest BCUT2D eigenvalue weighted by Gasteiger charge is 2.60. The van der Waals surface area contributed by atoms with Crippen LogP contribution in [0.3, 0.4) is 0 Å². The van der Waals surface area contributed by atoms with E-state index in [1.807, 2.05) is 25.1 Å². The summed E-state index contributed by atoms with van der Waals surface area (Å²) in [6.45, 7) is 7.25. The van der Waals surface area contributed by atoms with Gasteiger partial charge in [0.15, 0.2) is 5.54 Å². The van der Waals surface area contributed by atoms with Crippen LogP contribution in [0.25, 0.3) is 10.9 Å². The number of aromatic nitrogens is 1. The second kappa shape index (κ2) is 8.46. The van der Waals surface area contributed by atoms with Crippen molar-refractivity contribution < 1.29 is 23.9 Å². The van der Waals surface area contributed by atoms with Crippen molar-refractivity contribution in [2.75, 3.05) is 33.4 Å². The molecule has 0 saturated carbocycles. The molecule has 0 bridgehead atoms. The summed E-state index contributed by atoms with van der Waals surface area (Å²) in [4.78, 5) is 45.6. The van der Waals surface area contributed by atoms with Crippen LogP contribution < -0.4 is 10.1 Å². The van der Waals surface area contributed by atoms with E-state index in [4.69, 9.17) is 9.47 Å². The van der Waals surface area contributed by atoms with Crippen molar-refractivity contribution in [2.45, 2.75) is 45.2 Å². The number of benzene rings is 1. The highest BCUT2D eigenvalue weighted by Crippen LogP contribution is 2.45. The maximum absolute atomic E-state index is 13.6. The molecule has 1 saturated heterocycles. The van der Waals surface area contributed by atoms with E-state index in [9.17, 15) is 14.4 Å². The van der Waals surface area contributed by atoms with Gasteiger partial charge in [-0.05, 0) is 57.4 Å². The summed E-state index contributed by atoms with van der Waals surface area (Å²) in [5, 5.41) is 3.79. The van der Waals surface area contributed by atoms with Gasteiger partial charge in [-0.15, -0.1) is 0 Å². The third kappa shape index (κ3) is 3.31. The van der Waals surface area contributed by atoms with Gasteiger partial charge in [-0.25, -0.2) is 9.69 Å². The monoisotopic (exact) mass is 442 g/mol. The number of rotatable bonds is 8. The minimum absolute atomic E-state index is 0.353. The van der Waals surface area contributed by atoms with E-state index in [-0.39, 0.29) is 11.8 Å².